The number of halogens is 3. The van der Waals surface area contributed by atoms with Crippen molar-refractivity contribution < 1.29 is 4.39 Å². The number of allylic oxidation sites excluding steroid dienone is 1. The maximum Gasteiger partial charge on any atom is 0.136 e. The highest BCUT2D eigenvalue weighted by molar-refractivity contribution is 7.11. The molecule has 2 aromatic carbocycles. The Balaban J connectivity index is 1.84. The molecule has 1 heterocycles. The van der Waals surface area contributed by atoms with Gasteiger partial charge in [-0.05, 0) is 42.5 Å². The minimum Gasteiger partial charge on any atom is -0.360 e. The Morgan fingerprint density at radius 2 is 1.84 bits per heavy atom. The average molecular weight is 390 g/mol. The van der Waals surface area contributed by atoms with Gasteiger partial charge in [0, 0.05) is 32.9 Å². The molecular weight excluding hydrogens is 380 g/mol. The zero-order chi connectivity index (χ0) is 17.8. The molecule has 0 aliphatic carbocycles. The van der Waals surface area contributed by atoms with Crippen LogP contribution in [-0.2, 0) is 0 Å². The molecule has 0 radical (unpaired) electrons. The fourth-order valence-electron chi connectivity index (χ4n) is 2.09. The first-order valence-corrected chi connectivity index (χ1v) is 8.73. The lowest BCUT2D eigenvalue weighted by atomic mass is 10.2. The molecule has 3 nitrogen and oxygen atoms in total. The van der Waals surface area contributed by atoms with E-state index in [1.807, 2.05) is 5.38 Å². The SMILES string of the molecule is N#C/C(=C/Nc1cc(Cl)cc(Cl)c1)c1nc(-c2ccc(F)cc2)cs1. The van der Waals surface area contributed by atoms with E-state index in [0.29, 0.717) is 32.0 Å². The van der Waals surface area contributed by atoms with E-state index in [1.54, 1.807) is 36.5 Å². The van der Waals surface area contributed by atoms with Crippen molar-refractivity contribution >= 4 is 45.8 Å². The zero-order valence-electron chi connectivity index (χ0n) is 12.6. The molecule has 3 rings (SSSR count). The van der Waals surface area contributed by atoms with Crippen LogP contribution in [0.25, 0.3) is 16.8 Å². The van der Waals surface area contributed by atoms with E-state index in [0.717, 1.165) is 5.56 Å². The van der Waals surface area contributed by atoms with Crippen LogP contribution in [0.3, 0.4) is 0 Å². The summed E-state index contributed by atoms with van der Waals surface area (Å²) in [7, 11) is 0. The molecule has 3 aromatic rings. The van der Waals surface area contributed by atoms with E-state index in [4.69, 9.17) is 23.2 Å². The van der Waals surface area contributed by atoms with Gasteiger partial charge >= 0.3 is 0 Å². The van der Waals surface area contributed by atoms with Gasteiger partial charge in [-0.3, -0.25) is 0 Å². The van der Waals surface area contributed by atoms with Gasteiger partial charge in [0.05, 0.1) is 5.69 Å². The Labute approximate surface area is 158 Å². The predicted octanol–water partition coefficient (Wildman–Crippen LogP) is 6.23. The molecule has 124 valence electrons. The number of anilines is 1. The van der Waals surface area contributed by atoms with Gasteiger partial charge in [0.15, 0.2) is 0 Å². The van der Waals surface area contributed by atoms with Crippen LogP contribution in [0, 0.1) is 17.1 Å². The molecule has 1 aromatic heterocycles. The average Bonchev–Trinajstić information content (AvgIpc) is 3.05. The Morgan fingerprint density at radius 1 is 1.16 bits per heavy atom. The number of nitrogens with zero attached hydrogens (tertiary/aromatic N) is 2. The van der Waals surface area contributed by atoms with Crippen molar-refractivity contribution in [2.45, 2.75) is 0 Å². The third kappa shape index (κ3) is 4.37. The van der Waals surface area contributed by atoms with E-state index in [2.05, 4.69) is 16.4 Å². The molecule has 7 heteroatoms. The molecule has 0 bridgehead atoms. The number of thiazole rings is 1. The summed E-state index contributed by atoms with van der Waals surface area (Å²) in [5.74, 6) is -0.304. The molecule has 0 spiro atoms. The molecular formula is C18H10Cl2FN3S. The van der Waals surface area contributed by atoms with Crippen LogP contribution in [-0.4, -0.2) is 4.98 Å². The smallest absolute Gasteiger partial charge is 0.136 e. The first-order chi connectivity index (χ1) is 12.0. The van der Waals surface area contributed by atoms with Crippen molar-refractivity contribution in [1.29, 1.82) is 5.26 Å². The Kier molecular flexibility index (Phi) is 5.34. The minimum atomic E-state index is -0.304. The lowest BCUT2D eigenvalue weighted by Crippen LogP contribution is -1.91. The van der Waals surface area contributed by atoms with Crippen molar-refractivity contribution in [2.24, 2.45) is 0 Å². The van der Waals surface area contributed by atoms with Crippen molar-refractivity contribution in [3.63, 3.8) is 0 Å². The number of benzene rings is 2. The fourth-order valence-corrected chi connectivity index (χ4v) is 3.41. The maximum atomic E-state index is 13.0. The molecule has 0 aliphatic heterocycles. The highest BCUT2D eigenvalue weighted by Crippen LogP contribution is 2.27. The van der Waals surface area contributed by atoms with E-state index in [-0.39, 0.29) is 5.82 Å². The van der Waals surface area contributed by atoms with Crippen molar-refractivity contribution in [3.8, 4) is 17.3 Å². The van der Waals surface area contributed by atoms with Crippen molar-refractivity contribution in [2.75, 3.05) is 5.32 Å². The molecule has 1 N–H and O–H groups in total. The van der Waals surface area contributed by atoms with Gasteiger partial charge in [-0.15, -0.1) is 11.3 Å². The molecule has 0 amide bonds. The quantitative estimate of drug-likeness (QED) is 0.537. The standard InChI is InChI=1S/C18H10Cl2FN3S/c19-13-5-14(20)7-16(6-13)23-9-12(8-22)18-24-17(10-25-18)11-1-3-15(21)4-2-11/h1-7,9-10,23H/b12-9-. The van der Waals surface area contributed by atoms with E-state index in [9.17, 15) is 9.65 Å². The van der Waals surface area contributed by atoms with Crippen LogP contribution in [0.5, 0.6) is 0 Å². The van der Waals surface area contributed by atoms with Gasteiger partial charge in [0.25, 0.3) is 0 Å². The second-order valence-corrected chi connectivity index (χ2v) is 6.75. The predicted molar refractivity (Wildman–Crippen MR) is 101 cm³/mol. The fraction of sp³-hybridized carbons (Fsp3) is 0. The van der Waals surface area contributed by atoms with Gasteiger partial charge in [0.1, 0.15) is 22.5 Å². The molecule has 0 unspecified atom stereocenters. The summed E-state index contributed by atoms with van der Waals surface area (Å²) >= 11 is 13.2. The van der Waals surface area contributed by atoms with Crippen LogP contribution in [0.1, 0.15) is 5.01 Å². The lowest BCUT2D eigenvalue weighted by molar-refractivity contribution is 0.628. The van der Waals surface area contributed by atoms with E-state index < -0.39 is 0 Å². The molecule has 0 saturated heterocycles. The van der Waals surface area contributed by atoms with Crippen LogP contribution in [0.2, 0.25) is 10.0 Å². The van der Waals surface area contributed by atoms with Crippen LogP contribution >= 0.6 is 34.5 Å². The van der Waals surface area contributed by atoms with Crippen molar-refractivity contribution in [1.82, 2.24) is 4.98 Å². The number of nitrogens with one attached hydrogen (secondary N) is 1. The van der Waals surface area contributed by atoms with Crippen LogP contribution < -0.4 is 5.32 Å². The highest BCUT2D eigenvalue weighted by atomic mass is 35.5. The minimum absolute atomic E-state index is 0.304. The molecule has 0 atom stereocenters. The first-order valence-electron chi connectivity index (χ1n) is 7.10. The second kappa shape index (κ2) is 7.66. The Morgan fingerprint density at radius 3 is 2.48 bits per heavy atom. The van der Waals surface area contributed by atoms with E-state index >= 15 is 0 Å². The van der Waals surface area contributed by atoms with Crippen LogP contribution in [0.4, 0.5) is 10.1 Å². The third-order valence-electron chi connectivity index (χ3n) is 3.24. The molecule has 0 aliphatic rings. The largest absolute Gasteiger partial charge is 0.360 e. The topological polar surface area (TPSA) is 48.7 Å². The van der Waals surface area contributed by atoms with Crippen LogP contribution in [0.15, 0.2) is 54.0 Å². The Bertz CT molecular complexity index is 954. The molecule has 0 fully saturated rings. The number of nitriles is 1. The molecule has 0 saturated carbocycles. The van der Waals surface area contributed by atoms with Gasteiger partial charge < -0.3 is 5.32 Å². The number of hydrogen-bond acceptors (Lipinski definition) is 4. The second-order valence-electron chi connectivity index (χ2n) is 5.02. The maximum absolute atomic E-state index is 13.0. The summed E-state index contributed by atoms with van der Waals surface area (Å²) in [6.45, 7) is 0. The summed E-state index contributed by atoms with van der Waals surface area (Å²) in [5, 5.41) is 15.8. The van der Waals surface area contributed by atoms with E-state index in [1.165, 1.54) is 23.5 Å². The normalized spacial score (nSPS) is 11.2. The Hall–Kier alpha value is -2.39. The number of aromatic nitrogens is 1. The summed E-state index contributed by atoms with van der Waals surface area (Å²) < 4.78 is 13.0. The monoisotopic (exact) mass is 389 g/mol. The third-order valence-corrected chi connectivity index (χ3v) is 4.55. The highest BCUT2D eigenvalue weighted by Gasteiger charge is 2.09. The summed E-state index contributed by atoms with van der Waals surface area (Å²) in [6, 6.07) is 13.2. The lowest BCUT2D eigenvalue weighted by Gasteiger charge is -2.03. The van der Waals surface area contributed by atoms with Gasteiger partial charge in [-0.1, -0.05) is 23.2 Å². The summed E-state index contributed by atoms with van der Waals surface area (Å²) in [4.78, 5) is 4.44. The summed E-state index contributed by atoms with van der Waals surface area (Å²) in [5.41, 5.74) is 2.51. The zero-order valence-corrected chi connectivity index (χ0v) is 15.0. The van der Waals surface area contributed by atoms with Crippen molar-refractivity contribution in [3.05, 3.63) is 74.9 Å². The van der Waals surface area contributed by atoms with Gasteiger partial charge in [-0.2, -0.15) is 5.26 Å². The first kappa shape index (κ1) is 17.4. The van der Waals surface area contributed by atoms with Gasteiger partial charge in [0.2, 0.25) is 0 Å². The molecule has 25 heavy (non-hydrogen) atoms. The number of rotatable bonds is 4. The number of hydrogen-bond donors (Lipinski definition) is 1. The summed E-state index contributed by atoms with van der Waals surface area (Å²) in [6.07, 6.45) is 1.55. The van der Waals surface area contributed by atoms with Gasteiger partial charge in [-0.25, -0.2) is 9.37 Å².